The Hall–Kier alpha value is -1.72. The molecule has 2 fully saturated rings. The van der Waals surface area contributed by atoms with Gasteiger partial charge in [-0.1, -0.05) is 43.5 Å². The number of ether oxygens (including phenoxy) is 1. The maximum absolute atomic E-state index is 9.26. The molecule has 2 aromatic rings. The SMILES string of the molecule is OCc1ccc(-c2nc([C@@H]3CCOC3)nn2C2CCCCC2)cc1. The van der Waals surface area contributed by atoms with Crippen molar-refractivity contribution < 1.29 is 9.84 Å². The summed E-state index contributed by atoms with van der Waals surface area (Å²) in [6.07, 6.45) is 7.26. The van der Waals surface area contributed by atoms with Crippen molar-refractivity contribution in [3.8, 4) is 11.4 Å². The van der Waals surface area contributed by atoms with Crippen LogP contribution < -0.4 is 0 Å². The minimum Gasteiger partial charge on any atom is -0.392 e. The van der Waals surface area contributed by atoms with Crippen molar-refractivity contribution in [1.29, 1.82) is 0 Å². The van der Waals surface area contributed by atoms with Gasteiger partial charge in [-0.05, 0) is 24.8 Å². The molecule has 0 spiro atoms. The van der Waals surface area contributed by atoms with Gasteiger partial charge in [0.2, 0.25) is 0 Å². The monoisotopic (exact) mass is 327 g/mol. The third-order valence-corrected chi connectivity index (χ3v) is 5.26. The van der Waals surface area contributed by atoms with Crippen LogP contribution in [0.4, 0.5) is 0 Å². The van der Waals surface area contributed by atoms with Crippen LogP contribution in [0.25, 0.3) is 11.4 Å². The first-order chi connectivity index (χ1) is 11.8. The number of aliphatic hydroxyl groups excluding tert-OH is 1. The summed E-state index contributed by atoms with van der Waals surface area (Å²) in [6, 6.07) is 8.48. The van der Waals surface area contributed by atoms with Gasteiger partial charge in [-0.25, -0.2) is 9.67 Å². The van der Waals surface area contributed by atoms with Gasteiger partial charge in [-0.2, -0.15) is 5.10 Å². The first-order valence-corrected chi connectivity index (χ1v) is 9.09. The van der Waals surface area contributed by atoms with Gasteiger partial charge in [0.25, 0.3) is 0 Å². The molecule has 128 valence electrons. The molecule has 1 aromatic carbocycles. The molecule has 4 rings (SSSR count). The fourth-order valence-corrected chi connectivity index (χ4v) is 3.79. The lowest BCUT2D eigenvalue weighted by Gasteiger charge is -2.23. The molecule has 5 nitrogen and oxygen atoms in total. The molecular formula is C19H25N3O2. The van der Waals surface area contributed by atoms with Gasteiger partial charge in [0.15, 0.2) is 11.6 Å². The second-order valence-corrected chi connectivity index (χ2v) is 6.95. The van der Waals surface area contributed by atoms with Crippen LogP contribution in [0.3, 0.4) is 0 Å². The lowest BCUT2D eigenvalue weighted by Crippen LogP contribution is -2.15. The molecule has 2 aliphatic rings. The number of nitrogens with zero attached hydrogens (tertiary/aromatic N) is 3. The number of hydrogen-bond acceptors (Lipinski definition) is 4. The van der Waals surface area contributed by atoms with E-state index in [0.29, 0.717) is 12.0 Å². The van der Waals surface area contributed by atoms with Crippen LogP contribution in [-0.4, -0.2) is 33.1 Å². The maximum atomic E-state index is 9.26. The van der Waals surface area contributed by atoms with Gasteiger partial charge in [-0.3, -0.25) is 0 Å². The Labute approximate surface area is 142 Å². The summed E-state index contributed by atoms with van der Waals surface area (Å²) in [5.74, 6) is 2.22. The molecule has 1 aliphatic heterocycles. The van der Waals surface area contributed by atoms with Crippen molar-refractivity contribution in [1.82, 2.24) is 14.8 Å². The normalized spacial score (nSPS) is 22.1. The lowest BCUT2D eigenvalue weighted by molar-refractivity contribution is 0.193. The highest BCUT2D eigenvalue weighted by molar-refractivity contribution is 5.56. The fourth-order valence-electron chi connectivity index (χ4n) is 3.79. The smallest absolute Gasteiger partial charge is 0.158 e. The van der Waals surface area contributed by atoms with Crippen LogP contribution in [0.5, 0.6) is 0 Å². The summed E-state index contributed by atoms with van der Waals surface area (Å²) >= 11 is 0. The van der Waals surface area contributed by atoms with Crippen LogP contribution in [0, 0.1) is 0 Å². The standard InChI is InChI=1S/C19H25N3O2/c23-12-14-6-8-15(9-7-14)19-20-18(16-10-11-24-13-16)21-22(19)17-4-2-1-3-5-17/h6-9,16-17,23H,1-5,10-13H2/t16-/m1/s1. The van der Waals surface area contributed by atoms with Crippen molar-refractivity contribution in [3.63, 3.8) is 0 Å². The van der Waals surface area contributed by atoms with E-state index in [-0.39, 0.29) is 6.61 Å². The molecule has 24 heavy (non-hydrogen) atoms. The van der Waals surface area contributed by atoms with E-state index in [0.717, 1.165) is 42.4 Å². The zero-order valence-electron chi connectivity index (χ0n) is 14.0. The third kappa shape index (κ3) is 3.10. The average Bonchev–Trinajstić information content (AvgIpc) is 3.32. The quantitative estimate of drug-likeness (QED) is 0.934. The number of benzene rings is 1. The molecule has 1 aliphatic carbocycles. The highest BCUT2D eigenvalue weighted by Gasteiger charge is 2.27. The van der Waals surface area contributed by atoms with Crippen LogP contribution in [0.1, 0.15) is 61.9 Å². The Morgan fingerprint density at radius 2 is 1.88 bits per heavy atom. The van der Waals surface area contributed by atoms with E-state index in [1.807, 2.05) is 24.3 Å². The average molecular weight is 327 g/mol. The van der Waals surface area contributed by atoms with Gasteiger partial charge >= 0.3 is 0 Å². The largest absolute Gasteiger partial charge is 0.392 e. The zero-order chi connectivity index (χ0) is 16.4. The second kappa shape index (κ2) is 7.03. The van der Waals surface area contributed by atoms with Gasteiger partial charge in [-0.15, -0.1) is 0 Å². The predicted octanol–water partition coefficient (Wildman–Crippen LogP) is 3.45. The maximum Gasteiger partial charge on any atom is 0.158 e. The van der Waals surface area contributed by atoms with Crippen LogP contribution in [0.15, 0.2) is 24.3 Å². The summed E-state index contributed by atoms with van der Waals surface area (Å²) in [5, 5.41) is 14.2. The van der Waals surface area contributed by atoms with Crippen molar-refractivity contribution in [2.24, 2.45) is 0 Å². The van der Waals surface area contributed by atoms with E-state index >= 15 is 0 Å². The third-order valence-electron chi connectivity index (χ3n) is 5.26. The van der Waals surface area contributed by atoms with E-state index in [2.05, 4.69) is 4.68 Å². The molecule has 0 unspecified atom stereocenters. The highest BCUT2D eigenvalue weighted by Crippen LogP contribution is 2.33. The first kappa shape index (κ1) is 15.8. The summed E-state index contributed by atoms with van der Waals surface area (Å²) in [7, 11) is 0. The number of aliphatic hydroxyl groups is 1. The van der Waals surface area contributed by atoms with E-state index in [1.165, 1.54) is 32.1 Å². The van der Waals surface area contributed by atoms with Crippen molar-refractivity contribution >= 4 is 0 Å². The molecule has 5 heteroatoms. The molecule has 1 saturated carbocycles. The van der Waals surface area contributed by atoms with Crippen LogP contribution >= 0.6 is 0 Å². The van der Waals surface area contributed by atoms with Crippen molar-refractivity contribution in [2.45, 2.75) is 57.1 Å². The van der Waals surface area contributed by atoms with Crippen molar-refractivity contribution in [2.75, 3.05) is 13.2 Å². The summed E-state index contributed by atoms with van der Waals surface area (Å²) in [5.41, 5.74) is 2.00. The van der Waals surface area contributed by atoms with E-state index in [1.54, 1.807) is 0 Å². The molecular weight excluding hydrogens is 302 g/mol. The van der Waals surface area contributed by atoms with Gasteiger partial charge in [0.1, 0.15) is 0 Å². The van der Waals surface area contributed by atoms with Gasteiger partial charge in [0.05, 0.1) is 19.3 Å². The molecule has 1 N–H and O–H groups in total. The summed E-state index contributed by atoms with van der Waals surface area (Å²) in [6.45, 7) is 1.61. The van der Waals surface area contributed by atoms with E-state index in [9.17, 15) is 5.11 Å². The fraction of sp³-hybridized carbons (Fsp3) is 0.579. The summed E-state index contributed by atoms with van der Waals surface area (Å²) < 4.78 is 7.69. The van der Waals surface area contributed by atoms with Gasteiger partial charge < -0.3 is 9.84 Å². The number of rotatable bonds is 4. The Morgan fingerprint density at radius 1 is 1.08 bits per heavy atom. The molecule has 1 atom stereocenters. The Balaban J connectivity index is 1.71. The zero-order valence-corrected chi connectivity index (χ0v) is 14.0. The first-order valence-electron chi connectivity index (χ1n) is 9.09. The van der Waals surface area contributed by atoms with Gasteiger partial charge in [0, 0.05) is 18.1 Å². The van der Waals surface area contributed by atoms with Crippen molar-refractivity contribution in [3.05, 3.63) is 35.7 Å². The van der Waals surface area contributed by atoms with Crippen LogP contribution in [-0.2, 0) is 11.3 Å². The molecule has 1 aromatic heterocycles. The molecule has 0 radical (unpaired) electrons. The molecule has 1 saturated heterocycles. The van der Waals surface area contributed by atoms with Crippen LogP contribution in [0.2, 0.25) is 0 Å². The highest BCUT2D eigenvalue weighted by atomic mass is 16.5. The number of hydrogen-bond donors (Lipinski definition) is 1. The summed E-state index contributed by atoms with van der Waals surface area (Å²) in [4.78, 5) is 4.90. The second-order valence-electron chi connectivity index (χ2n) is 6.95. The topological polar surface area (TPSA) is 60.2 Å². The molecule has 2 heterocycles. The lowest BCUT2D eigenvalue weighted by atomic mass is 9.95. The van der Waals surface area contributed by atoms with E-state index < -0.39 is 0 Å². The van der Waals surface area contributed by atoms with E-state index in [4.69, 9.17) is 14.8 Å². The number of aromatic nitrogens is 3. The minimum absolute atomic E-state index is 0.0697. The predicted molar refractivity (Wildman–Crippen MR) is 91.7 cm³/mol. The molecule has 0 amide bonds. The Morgan fingerprint density at radius 3 is 2.54 bits per heavy atom. The Kier molecular flexibility index (Phi) is 4.63. The molecule has 0 bridgehead atoms. The Bertz CT molecular complexity index is 668. The minimum atomic E-state index is 0.0697.